The number of ketones is 1. The average molecular weight is 194 g/mol. The molecule has 1 nitrogen and oxygen atoms in total. The maximum atomic E-state index is 13.3. The highest BCUT2D eigenvalue weighted by Gasteiger charge is 2.25. The van der Waals surface area contributed by atoms with Gasteiger partial charge in [-0.2, -0.15) is 0 Å². The molecule has 0 saturated heterocycles. The molecule has 0 fully saturated rings. The van der Waals surface area contributed by atoms with Gasteiger partial charge < -0.3 is 0 Å². The summed E-state index contributed by atoms with van der Waals surface area (Å²) in [4.78, 5) is 11.8. The van der Waals surface area contributed by atoms with Gasteiger partial charge in [0.05, 0.1) is 5.56 Å². The van der Waals surface area contributed by atoms with Crippen molar-refractivity contribution in [2.24, 2.45) is 5.41 Å². The van der Waals surface area contributed by atoms with Crippen LogP contribution in [0.15, 0.2) is 18.2 Å². The number of hydrogen-bond acceptors (Lipinski definition) is 1. The van der Waals surface area contributed by atoms with E-state index in [1.165, 1.54) is 6.07 Å². The lowest BCUT2D eigenvalue weighted by Gasteiger charge is -2.17. The number of hydrogen-bond donors (Lipinski definition) is 0. The smallest absolute Gasteiger partial charge is 0.171 e. The molecule has 0 aliphatic carbocycles. The summed E-state index contributed by atoms with van der Waals surface area (Å²) in [5.74, 6) is -0.589. The first-order chi connectivity index (χ1) is 6.32. The third-order valence-corrected chi connectivity index (χ3v) is 2.05. The molecule has 14 heavy (non-hydrogen) atoms. The van der Waals surface area contributed by atoms with Crippen LogP contribution in [0, 0.1) is 18.2 Å². The van der Waals surface area contributed by atoms with Crippen molar-refractivity contribution in [3.63, 3.8) is 0 Å². The van der Waals surface area contributed by atoms with Crippen LogP contribution in [0.3, 0.4) is 0 Å². The third-order valence-electron chi connectivity index (χ3n) is 2.05. The maximum absolute atomic E-state index is 13.3. The first-order valence-corrected chi connectivity index (χ1v) is 4.63. The molecule has 0 heterocycles. The zero-order valence-electron chi connectivity index (χ0n) is 9.02. The van der Waals surface area contributed by atoms with Gasteiger partial charge in [0.2, 0.25) is 0 Å². The molecule has 0 atom stereocenters. The standard InChI is InChI=1S/C12H15FO/c1-8-5-6-10(13)9(7-8)11(14)12(2,3)4/h5-7H,1-4H3. The Morgan fingerprint density at radius 2 is 1.86 bits per heavy atom. The van der Waals surface area contributed by atoms with Crippen molar-refractivity contribution in [3.8, 4) is 0 Å². The minimum Gasteiger partial charge on any atom is -0.293 e. The van der Waals surface area contributed by atoms with Crippen molar-refractivity contribution in [1.29, 1.82) is 0 Å². The maximum Gasteiger partial charge on any atom is 0.171 e. The first kappa shape index (κ1) is 10.9. The van der Waals surface area contributed by atoms with E-state index in [-0.39, 0.29) is 11.3 Å². The molecule has 0 radical (unpaired) electrons. The molecule has 0 bridgehead atoms. The van der Waals surface area contributed by atoms with Crippen LogP contribution in [-0.2, 0) is 0 Å². The monoisotopic (exact) mass is 194 g/mol. The van der Waals surface area contributed by atoms with E-state index in [2.05, 4.69) is 0 Å². The molecule has 0 amide bonds. The van der Waals surface area contributed by atoms with Crippen molar-refractivity contribution in [1.82, 2.24) is 0 Å². The molecule has 0 aliphatic heterocycles. The lowest BCUT2D eigenvalue weighted by Crippen LogP contribution is -2.21. The van der Waals surface area contributed by atoms with E-state index >= 15 is 0 Å². The molecule has 1 aromatic rings. The summed E-state index contributed by atoms with van der Waals surface area (Å²) in [6.45, 7) is 7.21. The Bertz CT molecular complexity index is 361. The summed E-state index contributed by atoms with van der Waals surface area (Å²) in [6, 6.07) is 4.60. The first-order valence-electron chi connectivity index (χ1n) is 4.63. The summed E-state index contributed by atoms with van der Waals surface area (Å²) >= 11 is 0. The van der Waals surface area contributed by atoms with Gasteiger partial charge in [-0.05, 0) is 19.1 Å². The van der Waals surface area contributed by atoms with E-state index in [4.69, 9.17) is 0 Å². The molecule has 1 rings (SSSR count). The topological polar surface area (TPSA) is 17.1 Å². The van der Waals surface area contributed by atoms with E-state index in [0.717, 1.165) is 5.56 Å². The molecule has 0 aromatic heterocycles. The predicted molar refractivity (Wildman–Crippen MR) is 54.9 cm³/mol. The molecule has 0 saturated carbocycles. The molecule has 0 spiro atoms. The molecular weight excluding hydrogens is 179 g/mol. The van der Waals surface area contributed by atoms with Crippen LogP contribution in [0.4, 0.5) is 4.39 Å². The number of aryl methyl sites for hydroxylation is 1. The van der Waals surface area contributed by atoms with Gasteiger partial charge in [0.15, 0.2) is 5.78 Å². The SMILES string of the molecule is Cc1ccc(F)c(C(=O)C(C)(C)C)c1. The summed E-state index contributed by atoms with van der Waals surface area (Å²) in [5, 5.41) is 0. The van der Waals surface area contributed by atoms with Crippen molar-refractivity contribution < 1.29 is 9.18 Å². The van der Waals surface area contributed by atoms with Crippen LogP contribution in [-0.4, -0.2) is 5.78 Å². The van der Waals surface area contributed by atoms with Gasteiger partial charge in [0.1, 0.15) is 5.82 Å². The largest absolute Gasteiger partial charge is 0.293 e. The molecule has 0 unspecified atom stereocenters. The van der Waals surface area contributed by atoms with E-state index < -0.39 is 11.2 Å². The highest BCUT2D eigenvalue weighted by atomic mass is 19.1. The molecule has 76 valence electrons. The fourth-order valence-electron chi connectivity index (χ4n) is 1.22. The van der Waals surface area contributed by atoms with E-state index in [1.54, 1.807) is 32.9 Å². The normalized spacial score (nSPS) is 11.5. The molecule has 2 heteroatoms. The van der Waals surface area contributed by atoms with Crippen molar-refractivity contribution in [3.05, 3.63) is 35.1 Å². The quantitative estimate of drug-likeness (QED) is 0.626. The molecule has 0 aliphatic rings. The predicted octanol–water partition coefficient (Wildman–Crippen LogP) is 3.36. The molecule has 0 N–H and O–H groups in total. The Labute approximate surface area is 83.9 Å². The summed E-state index contributed by atoms with van der Waals surface area (Å²) < 4.78 is 13.3. The van der Waals surface area contributed by atoms with Crippen molar-refractivity contribution in [2.75, 3.05) is 0 Å². The van der Waals surface area contributed by atoms with E-state index in [9.17, 15) is 9.18 Å². The Hall–Kier alpha value is -1.18. The Kier molecular flexibility index (Phi) is 2.74. The summed E-state index contributed by atoms with van der Waals surface area (Å²) in [6.07, 6.45) is 0. The third kappa shape index (κ3) is 2.19. The van der Waals surface area contributed by atoms with E-state index in [1.807, 2.05) is 6.92 Å². The van der Waals surface area contributed by atoms with Gasteiger partial charge in [-0.1, -0.05) is 32.4 Å². The van der Waals surface area contributed by atoms with Gasteiger partial charge in [-0.25, -0.2) is 4.39 Å². The number of carbonyl (C=O) groups excluding carboxylic acids is 1. The average Bonchev–Trinajstić information content (AvgIpc) is 2.06. The van der Waals surface area contributed by atoms with Gasteiger partial charge >= 0.3 is 0 Å². The van der Waals surface area contributed by atoms with Crippen LogP contribution >= 0.6 is 0 Å². The number of carbonyl (C=O) groups is 1. The van der Waals surface area contributed by atoms with Crippen molar-refractivity contribution in [2.45, 2.75) is 27.7 Å². The van der Waals surface area contributed by atoms with Gasteiger partial charge in [0, 0.05) is 5.41 Å². The summed E-state index contributed by atoms with van der Waals surface area (Å²) in [5.41, 5.74) is 0.561. The minimum atomic E-state index is -0.533. The number of benzene rings is 1. The fourth-order valence-corrected chi connectivity index (χ4v) is 1.22. The van der Waals surface area contributed by atoms with Crippen LogP contribution in [0.1, 0.15) is 36.7 Å². The second kappa shape index (κ2) is 3.52. The Balaban J connectivity index is 3.19. The number of halogens is 1. The summed E-state index contributed by atoms with van der Waals surface area (Å²) in [7, 11) is 0. The van der Waals surface area contributed by atoms with E-state index in [0.29, 0.717) is 0 Å². The second-order valence-electron chi connectivity index (χ2n) is 4.56. The highest BCUT2D eigenvalue weighted by molar-refractivity contribution is 6.00. The van der Waals surface area contributed by atoms with Crippen LogP contribution in [0.25, 0.3) is 0 Å². The van der Waals surface area contributed by atoms with Gasteiger partial charge in [-0.15, -0.1) is 0 Å². The molecular formula is C12H15FO. The van der Waals surface area contributed by atoms with Crippen LogP contribution in [0.2, 0.25) is 0 Å². The van der Waals surface area contributed by atoms with Gasteiger partial charge in [-0.3, -0.25) is 4.79 Å². The highest BCUT2D eigenvalue weighted by Crippen LogP contribution is 2.23. The molecule has 1 aromatic carbocycles. The zero-order valence-corrected chi connectivity index (χ0v) is 9.02. The fraction of sp³-hybridized carbons (Fsp3) is 0.417. The van der Waals surface area contributed by atoms with Crippen LogP contribution in [0.5, 0.6) is 0 Å². The number of Topliss-reactive ketones (excluding diaryl/α,β-unsaturated/α-hetero) is 1. The lowest BCUT2D eigenvalue weighted by atomic mass is 9.86. The second-order valence-corrected chi connectivity index (χ2v) is 4.56. The van der Waals surface area contributed by atoms with Gasteiger partial charge in [0.25, 0.3) is 0 Å². The Morgan fingerprint density at radius 3 is 2.36 bits per heavy atom. The van der Waals surface area contributed by atoms with Crippen LogP contribution < -0.4 is 0 Å². The minimum absolute atomic E-state index is 0.154. The lowest BCUT2D eigenvalue weighted by molar-refractivity contribution is 0.0854. The van der Waals surface area contributed by atoms with Crippen molar-refractivity contribution >= 4 is 5.78 Å². The zero-order chi connectivity index (χ0) is 10.9. The Morgan fingerprint density at radius 1 is 1.29 bits per heavy atom. The number of rotatable bonds is 1.